The lowest BCUT2D eigenvalue weighted by Gasteiger charge is -2.37. The van der Waals surface area contributed by atoms with Crippen molar-refractivity contribution < 1.29 is 8.85 Å². The summed E-state index contributed by atoms with van der Waals surface area (Å²) in [7, 11) is -0.116. The van der Waals surface area contributed by atoms with Crippen LogP contribution in [0.2, 0.25) is 12.1 Å². The van der Waals surface area contributed by atoms with Crippen LogP contribution >= 0.6 is 0 Å². The normalized spacial score (nSPS) is 13.1. The van der Waals surface area contributed by atoms with Crippen molar-refractivity contribution in [1.82, 2.24) is 0 Å². The van der Waals surface area contributed by atoms with E-state index in [4.69, 9.17) is 8.85 Å². The van der Waals surface area contributed by atoms with Crippen LogP contribution in [0.25, 0.3) is 0 Å². The topological polar surface area (TPSA) is 18.5 Å². The molecule has 0 radical (unpaired) electrons. The lowest BCUT2D eigenvalue weighted by Crippen LogP contribution is -2.46. The number of hydrogen-bond acceptors (Lipinski definition) is 2. The van der Waals surface area contributed by atoms with Crippen LogP contribution in [0, 0.1) is 11.8 Å². The second-order valence-electron chi connectivity index (χ2n) is 5.69. The molecule has 0 aromatic carbocycles. The summed E-state index contributed by atoms with van der Waals surface area (Å²) in [4.78, 5) is 0. The first-order chi connectivity index (χ1) is 7.92. The predicted molar refractivity (Wildman–Crippen MR) is 77.5 cm³/mol. The minimum Gasteiger partial charge on any atom is -0.398 e. The summed E-state index contributed by atoms with van der Waals surface area (Å²) in [6.45, 7) is 13.4. The molecule has 0 amide bonds. The number of rotatable bonds is 9. The van der Waals surface area contributed by atoms with E-state index >= 15 is 0 Å². The molecule has 2 nitrogen and oxygen atoms in total. The molecule has 0 spiro atoms. The molecule has 17 heavy (non-hydrogen) atoms. The van der Waals surface area contributed by atoms with Gasteiger partial charge in [0.05, 0.1) is 6.10 Å². The van der Waals surface area contributed by atoms with Crippen LogP contribution in [-0.2, 0) is 8.85 Å². The van der Waals surface area contributed by atoms with Gasteiger partial charge in [0.25, 0.3) is 0 Å². The SMILES string of the molecule is CCC[Si](CCC)(OC)OC(C(C)C)C(C)C. The molecule has 0 aliphatic carbocycles. The van der Waals surface area contributed by atoms with Crippen LogP contribution in [0.1, 0.15) is 54.4 Å². The van der Waals surface area contributed by atoms with E-state index in [1.54, 1.807) is 0 Å². The fraction of sp³-hybridized carbons (Fsp3) is 1.00. The second-order valence-corrected chi connectivity index (χ2v) is 9.15. The van der Waals surface area contributed by atoms with Gasteiger partial charge < -0.3 is 8.85 Å². The molecule has 0 heterocycles. The zero-order valence-corrected chi connectivity index (χ0v) is 13.9. The summed E-state index contributed by atoms with van der Waals surface area (Å²) in [5.41, 5.74) is 0. The molecular weight excluding hydrogens is 228 g/mol. The standard InChI is InChI=1S/C14H32O2Si/c1-8-10-17(15-7,11-9-2)16-14(12(3)4)13(5)6/h12-14H,8-11H2,1-7H3. The van der Waals surface area contributed by atoms with Crippen molar-refractivity contribution in [2.24, 2.45) is 11.8 Å². The van der Waals surface area contributed by atoms with Crippen molar-refractivity contribution in [3.63, 3.8) is 0 Å². The third-order valence-electron chi connectivity index (χ3n) is 3.30. The van der Waals surface area contributed by atoms with Crippen LogP contribution in [-0.4, -0.2) is 21.8 Å². The van der Waals surface area contributed by atoms with Crippen molar-refractivity contribution in [1.29, 1.82) is 0 Å². The van der Waals surface area contributed by atoms with Gasteiger partial charge in [0, 0.05) is 7.11 Å². The molecule has 0 N–H and O–H groups in total. The smallest absolute Gasteiger partial charge is 0.338 e. The highest BCUT2D eigenvalue weighted by Crippen LogP contribution is 2.28. The average Bonchev–Trinajstić information content (AvgIpc) is 2.25. The molecule has 0 bridgehead atoms. The van der Waals surface area contributed by atoms with Crippen LogP contribution in [0.4, 0.5) is 0 Å². The molecule has 0 aliphatic rings. The molecule has 0 rings (SSSR count). The molecule has 0 unspecified atom stereocenters. The van der Waals surface area contributed by atoms with E-state index in [0.717, 1.165) is 24.9 Å². The van der Waals surface area contributed by atoms with Crippen molar-refractivity contribution >= 4 is 8.56 Å². The zero-order valence-electron chi connectivity index (χ0n) is 12.9. The first kappa shape index (κ1) is 17.1. The first-order valence-corrected chi connectivity index (χ1v) is 9.38. The Kier molecular flexibility index (Phi) is 8.34. The van der Waals surface area contributed by atoms with Crippen LogP contribution in [0.15, 0.2) is 0 Å². The highest BCUT2D eigenvalue weighted by Gasteiger charge is 2.38. The van der Waals surface area contributed by atoms with Crippen LogP contribution in [0.5, 0.6) is 0 Å². The Balaban J connectivity index is 4.79. The highest BCUT2D eigenvalue weighted by molar-refractivity contribution is 6.67. The summed E-state index contributed by atoms with van der Waals surface area (Å²) < 4.78 is 12.4. The van der Waals surface area contributed by atoms with Gasteiger partial charge in [-0.1, -0.05) is 54.4 Å². The Labute approximate surface area is 109 Å². The average molecular weight is 260 g/mol. The van der Waals surface area contributed by atoms with Gasteiger partial charge in [-0.2, -0.15) is 0 Å². The monoisotopic (exact) mass is 260 g/mol. The molecule has 3 heteroatoms. The van der Waals surface area contributed by atoms with Gasteiger partial charge in [-0.15, -0.1) is 0 Å². The third kappa shape index (κ3) is 5.54. The first-order valence-electron chi connectivity index (χ1n) is 7.15. The van der Waals surface area contributed by atoms with E-state index in [0.29, 0.717) is 17.9 Å². The van der Waals surface area contributed by atoms with Crippen molar-refractivity contribution in [2.45, 2.75) is 72.6 Å². The maximum atomic E-state index is 6.51. The van der Waals surface area contributed by atoms with E-state index in [1.807, 2.05) is 7.11 Å². The van der Waals surface area contributed by atoms with Gasteiger partial charge in [-0.3, -0.25) is 0 Å². The predicted octanol–water partition coefficient (Wildman–Crippen LogP) is 4.59. The van der Waals surface area contributed by atoms with Crippen molar-refractivity contribution in [3.8, 4) is 0 Å². The van der Waals surface area contributed by atoms with Crippen LogP contribution in [0.3, 0.4) is 0 Å². The van der Waals surface area contributed by atoms with Crippen LogP contribution < -0.4 is 0 Å². The largest absolute Gasteiger partial charge is 0.398 e. The summed E-state index contributed by atoms with van der Waals surface area (Å²) in [6, 6.07) is 2.24. The summed E-state index contributed by atoms with van der Waals surface area (Å²) in [6.07, 6.45) is 2.64. The molecule has 0 fully saturated rings. The van der Waals surface area contributed by atoms with Gasteiger partial charge in [-0.25, -0.2) is 0 Å². The Morgan fingerprint density at radius 2 is 1.29 bits per heavy atom. The maximum absolute atomic E-state index is 6.51. The molecule has 0 aliphatic heterocycles. The molecule has 0 aromatic heterocycles. The van der Waals surface area contributed by atoms with Crippen molar-refractivity contribution in [3.05, 3.63) is 0 Å². The maximum Gasteiger partial charge on any atom is 0.338 e. The molecule has 0 saturated carbocycles. The highest BCUT2D eigenvalue weighted by atomic mass is 28.4. The van der Waals surface area contributed by atoms with Gasteiger partial charge in [0.15, 0.2) is 0 Å². The van der Waals surface area contributed by atoms with E-state index in [9.17, 15) is 0 Å². The van der Waals surface area contributed by atoms with Gasteiger partial charge in [0.2, 0.25) is 0 Å². The van der Waals surface area contributed by atoms with Crippen molar-refractivity contribution in [2.75, 3.05) is 7.11 Å². The summed E-state index contributed by atoms with van der Waals surface area (Å²) in [5, 5.41) is 0. The second kappa shape index (κ2) is 8.28. The van der Waals surface area contributed by atoms with E-state index < -0.39 is 8.56 Å². The summed E-state index contributed by atoms with van der Waals surface area (Å²) in [5.74, 6) is 1.12. The fourth-order valence-corrected chi connectivity index (χ4v) is 6.10. The minimum atomic E-state index is -1.96. The van der Waals surface area contributed by atoms with E-state index in [2.05, 4.69) is 41.5 Å². The summed E-state index contributed by atoms with van der Waals surface area (Å²) >= 11 is 0. The molecule has 0 atom stereocenters. The Morgan fingerprint density at radius 3 is 1.53 bits per heavy atom. The lowest BCUT2D eigenvalue weighted by molar-refractivity contribution is 0.0583. The molecule has 104 valence electrons. The Morgan fingerprint density at radius 1 is 0.882 bits per heavy atom. The van der Waals surface area contributed by atoms with Gasteiger partial charge in [0.1, 0.15) is 0 Å². The van der Waals surface area contributed by atoms with Gasteiger partial charge in [-0.05, 0) is 23.9 Å². The Bertz CT molecular complexity index is 179. The fourth-order valence-electron chi connectivity index (χ4n) is 2.55. The number of hydrogen-bond donors (Lipinski definition) is 0. The van der Waals surface area contributed by atoms with E-state index in [1.165, 1.54) is 0 Å². The molecule has 0 saturated heterocycles. The quantitative estimate of drug-likeness (QED) is 0.564. The van der Waals surface area contributed by atoms with Gasteiger partial charge >= 0.3 is 8.56 Å². The molecular formula is C14H32O2Si. The zero-order chi connectivity index (χ0) is 13.5. The Hall–Kier alpha value is 0.137. The van der Waals surface area contributed by atoms with E-state index in [-0.39, 0.29) is 0 Å². The third-order valence-corrected chi connectivity index (χ3v) is 7.27. The minimum absolute atomic E-state index is 0.333. The molecule has 0 aromatic rings. The lowest BCUT2D eigenvalue weighted by atomic mass is 9.97.